The number of aromatic carboxylic acids is 1. The fraction of sp³-hybridized carbons (Fsp3) is 0.182. The van der Waals surface area contributed by atoms with Crippen LogP contribution in [0.2, 0.25) is 0 Å². The van der Waals surface area contributed by atoms with Gasteiger partial charge in [0, 0.05) is 7.05 Å². The number of halogens is 1. The van der Waals surface area contributed by atoms with E-state index in [1.165, 1.54) is 17.8 Å². The minimum atomic E-state index is -1.24. The fourth-order valence-electron chi connectivity index (χ4n) is 1.52. The molecule has 1 heterocycles. The smallest absolute Gasteiger partial charge is 0.375 e. The average molecular weight is 235 g/mol. The van der Waals surface area contributed by atoms with Gasteiger partial charge in [0.25, 0.3) is 5.82 Å². The summed E-state index contributed by atoms with van der Waals surface area (Å²) in [6.45, 7) is 1.82. The average Bonchev–Trinajstić information content (AvgIpc) is 2.64. The summed E-state index contributed by atoms with van der Waals surface area (Å²) in [4.78, 5) is 14.5. The summed E-state index contributed by atoms with van der Waals surface area (Å²) in [6, 6.07) is 4.55. The molecule has 88 valence electrons. The van der Waals surface area contributed by atoms with Crippen LogP contribution < -0.4 is 0 Å². The first-order chi connectivity index (χ1) is 7.99. The number of aryl methyl sites for hydroxylation is 2. The maximum atomic E-state index is 13.6. The molecule has 0 spiro atoms. The summed E-state index contributed by atoms with van der Waals surface area (Å²) in [7, 11) is 1.52. The van der Waals surface area contributed by atoms with Crippen LogP contribution in [0.5, 0.6) is 0 Å². The van der Waals surface area contributed by atoms with Crippen LogP contribution in [0.3, 0.4) is 0 Å². The highest BCUT2D eigenvalue weighted by atomic mass is 19.1. The Morgan fingerprint density at radius 3 is 2.76 bits per heavy atom. The molecule has 0 radical (unpaired) electrons. The van der Waals surface area contributed by atoms with Gasteiger partial charge in [-0.25, -0.2) is 18.9 Å². The zero-order valence-corrected chi connectivity index (χ0v) is 9.31. The molecule has 1 aromatic carbocycles. The number of rotatable bonds is 2. The number of carboxylic acids is 1. The van der Waals surface area contributed by atoms with Crippen molar-refractivity contribution in [3.8, 4) is 11.4 Å². The standard InChI is InChI=1S/C11H10FN3O2/c1-6-3-4-8(12)7(5-6)10-13-9(11(16)17)14-15(10)2/h3-5H,1-2H3,(H,16,17). The molecule has 0 saturated carbocycles. The normalized spacial score (nSPS) is 10.5. The molecule has 0 saturated heterocycles. The summed E-state index contributed by atoms with van der Waals surface area (Å²) >= 11 is 0. The van der Waals surface area contributed by atoms with Crippen LogP contribution in [0.4, 0.5) is 4.39 Å². The minimum absolute atomic E-state index is 0.198. The lowest BCUT2D eigenvalue weighted by Gasteiger charge is -2.02. The molecule has 0 aliphatic carbocycles. The molecule has 17 heavy (non-hydrogen) atoms. The molecular weight excluding hydrogens is 225 g/mol. The van der Waals surface area contributed by atoms with Crippen LogP contribution in [-0.4, -0.2) is 25.8 Å². The number of carbonyl (C=O) groups is 1. The molecule has 0 unspecified atom stereocenters. The SMILES string of the molecule is Cc1ccc(F)c(-c2nc(C(=O)O)nn2C)c1. The van der Waals surface area contributed by atoms with Crippen molar-refractivity contribution in [3.05, 3.63) is 35.4 Å². The monoisotopic (exact) mass is 235 g/mol. The van der Waals surface area contributed by atoms with E-state index in [0.717, 1.165) is 5.56 Å². The molecule has 0 bridgehead atoms. The number of benzene rings is 1. The van der Waals surface area contributed by atoms with E-state index in [9.17, 15) is 9.18 Å². The van der Waals surface area contributed by atoms with Crippen molar-refractivity contribution in [3.63, 3.8) is 0 Å². The van der Waals surface area contributed by atoms with Crippen LogP contribution in [-0.2, 0) is 7.05 Å². The van der Waals surface area contributed by atoms with E-state index in [-0.39, 0.29) is 17.2 Å². The third kappa shape index (κ3) is 2.01. The van der Waals surface area contributed by atoms with E-state index in [0.29, 0.717) is 0 Å². The molecule has 2 aromatic rings. The molecule has 0 atom stereocenters. The summed E-state index contributed by atoms with van der Waals surface area (Å²) < 4.78 is 14.9. The maximum Gasteiger partial charge on any atom is 0.375 e. The highest BCUT2D eigenvalue weighted by Gasteiger charge is 2.17. The Labute approximate surface area is 96.5 Å². The second kappa shape index (κ2) is 3.97. The highest BCUT2D eigenvalue weighted by molar-refractivity contribution is 5.83. The van der Waals surface area contributed by atoms with E-state index >= 15 is 0 Å². The zero-order valence-electron chi connectivity index (χ0n) is 9.31. The van der Waals surface area contributed by atoms with Gasteiger partial charge < -0.3 is 5.11 Å². The van der Waals surface area contributed by atoms with Gasteiger partial charge in [-0.1, -0.05) is 11.6 Å². The Kier molecular flexibility index (Phi) is 2.63. The Bertz CT molecular complexity index is 592. The van der Waals surface area contributed by atoms with Gasteiger partial charge in [-0.15, -0.1) is 5.10 Å². The van der Waals surface area contributed by atoms with E-state index in [1.54, 1.807) is 12.1 Å². The van der Waals surface area contributed by atoms with Gasteiger partial charge >= 0.3 is 5.97 Å². The second-order valence-electron chi connectivity index (χ2n) is 3.67. The maximum absolute atomic E-state index is 13.6. The van der Waals surface area contributed by atoms with Crippen molar-refractivity contribution < 1.29 is 14.3 Å². The molecule has 0 aliphatic heterocycles. The first-order valence-corrected chi connectivity index (χ1v) is 4.90. The second-order valence-corrected chi connectivity index (χ2v) is 3.67. The molecule has 5 nitrogen and oxygen atoms in total. The first-order valence-electron chi connectivity index (χ1n) is 4.90. The minimum Gasteiger partial charge on any atom is -0.475 e. The number of hydrogen-bond donors (Lipinski definition) is 1. The zero-order chi connectivity index (χ0) is 12.6. The van der Waals surface area contributed by atoms with E-state index in [1.807, 2.05) is 6.92 Å². The van der Waals surface area contributed by atoms with Crippen molar-refractivity contribution in [1.29, 1.82) is 0 Å². The highest BCUT2D eigenvalue weighted by Crippen LogP contribution is 2.21. The van der Waals surface area contributed by atoms with Crippen LogP contribution >= 0.6 is 0 Å². The largest absolute Gasteiger partial charge is 0.475 e. The Hall–Kier alpha value is -2.24. The number of hydrogen-bond acceptors (Lipinski definition) is 3. The molecule has 0 aliphatic rings. The molecule has 1 N–H and O–H groups in total. The van der Waals surface area contributed by atoms with Gasteiger partial charge in [0.15, 0.2) is 5.82 Å². The van der Waals surface area contributed by atoms with E-state index < -0.39 is 11.8 Å². The van der Waals surface area contributed by atoms with Crippen molar-refractivity contribution in [1.82, 2.24) is 14.8 Å². The summed E-state index contributed by atoms with van der Waals surface area (Å²) in [5.74, 6) is -1.84. The van der Waals surface area contributed by atoms with Crippen LogP contribution in [0.25, 0.3) is 11.4 Å². The molecule has 0 fully saturated rings. The van der Waals surface area contributed by atoms with Crippen molar-refractivity contribution in [2.24, 2.45) is 7.05 Å². The molecule has 2 rings (SSSR count). The van der Waals surface area contributed by atoms with Crippen LogP contribution in [0, 0.1) is 12.7 Å². The van der Waals surface area contributed by atoms with Crippen LogP contribution in [0.1, 0.15) is 16.2 Å². The molecule has 0 amide bonds. The van der Waals surface area contributed by atoms with Gasteiger partial charge in [0.2, 0.25) is 0 Å². The third-order valence-corrected chi connectivity index (χ3v) is 2.32. The first kappa shape index (κ1) is 11.3. The number of aromatic nitrogens is 3. The predicted octanol–water partition coefficient (Wildman–Crippen LogP) is 1.63. The van der Waals surface area contributed by atoms with Gasteiger partial charge in [-0.2, -0.15) is 0 Å². The molecular formula is C11H10FN3O2. The van der Waals surface area contributed by atoms with Gasteiger partial charge in [-0.05, 0) is 19.1 Å². The van der Waals surface area contributed by atoms with Gasteiger partial charge in [-0.3, -0.25) is 0 Å². The predicted molar refractivity (Wildman–Crippen MR) is 58.1 cm³/mol. The lowest BCUT2D eigenvalue weighted by Crippen LogP contribution is -2.00. The summed E-state index contributed by atoms with van der Waals surface area (Å²) in [5.41, 5.74) is 1.11. The van der Waals surface area contributed by atoms with E-state index in [4.69, 9.17) is 5.11 Å². The van der Waals surface area contributed by atoms with Gasteiger partial charge in [0.1, 0.15) is 5.82 Å². The Morgan fingerprint density at radius 1 is 1.47 bits per heavy atom. The summed E-state index contributed by atoms with van der Waals surface area (Å²) in [6.07, 6.45) is 0. The van der Waals surface area contributed by atoms with E-state index in [2.05, 4.69) is 10.1 Å². The van der Waals surface area contributed by atoms with Crippen molar-refractivity contribution in [2.75, 3.05) is 0 Å². The number of carboxylic acid groups (broad SMARTS) is 1. The van der Waals surface area contributed by atoms with Crippen molar-refractivity contribution in [2.45, 2.75) is 6.92 Å². The lowest BCUT2D eigenvalue weighted by molar-refractivity contribution is 0.0683. The lowest BCUT2D eigenvalue weighted by atomic mass is 10.1. The summed E-state index contributed by atoms with van der Waals surface area (Å²) in [5, 5.41) is 12.5. The Balaban J connectivity index is 2.60. The van der Waals surface area contributed by atoms with Crippen molar-refractivity contribution >= 4 is 5.97 Å². The molecule has 1 aromatic heterocycles. The topological polar surface area (TPSA) is 68.0 Å². The Morgan fingerprint density at radius 2 is 2.18 bits per heavy atom. The molecule has 6 heteroatoms. The third-order valence-electron chi connectivity index (χ3n) is 2.32. The quantitative estimate of drug-likeness (QED) is 0.858. The number of nitrogens with zero attached hydrogens (tertiary/aromatic N) is 3. The van der Waals surface area contributed by atoms with Crippen LogP contribution in [0.15, 0.2) is 18.2 Å². The fourth-order valence-corrected chi connectivity index (χ4v) is 1.52. The van der Waals surface area contributed by atoms with Gasteiger partial charge in [0.05, 0.1) is 5.56 Å².